The summed E-state index contributed by atoms with van der Waals surface area (Å²) in [4.78, 5) is 22.4. The highest BCUT2D eigenvalue weighted by Gasteiger charge is 2.06. The lowest BCUT2D eigenvalue weighted by Crippen LogP contribution is -2.24. The molecular formula is C11H12Br2N2O2. The van der Waals surface area contributed by atoms with Crippen molar-refractivity contribution in [1.29, 1.82) is 0 Å². The quantitative estimate of drug-likeness (QED) is 0.786. The van der Waals surface area contributed by atoms with Crippen molar-refractivity contribution in [3.8, 4) is 0 Å². The normalized spacial score (nSPS) is 9.76. The number of rotatable bonds is 5. The van der Waals surface area contributed by atoms with Gasteiger partial charge in [0, 0.05) is 12.2 Å². The second kappa shape index (κ2) is 7.45. The lowest BCUT2D eigenvalue weighted by Gasteiger charge is -2.10. The molecule has 2 amide bonds. The topological polar surface area (TPSA) is 58.2 Å². The Hall–Kier alpha value is -0.880. The number of hydrogen-bond acceptors (Lipinski definition) is 2. The van der Waals surface area contributed by atoms with E-state index in [2.05, 4.69) is 42.5 Å². The Morgan fingerprint density at radius 3 is 2.35 bits per heavy atom. The highest BCUT2D eigenvalue weighted by molar-refractivity contribution is 9.09. The molecule has 0 saturated heterocycles. The highest BCUT2D eigenvalue weighted by atomic mass is 79.9. The van der Waals surface area contributed by atoms with E-state index < -0.39 is 0 Å². The van der Waals surface area contributed by atoms with Crippen LogP contribution in [0.3, 0.4) is 0 Å². The van der Waals surface area contributed by atoms with Crippen molar-refractivity contribution >= 4 is 49.4 Å². The van der Waals surface area contributed by atoms with Crippen molar-refractivity contribution in [2.24, 2.45) is 0 Å². The van der Waals surface area contributed by atoms with E-state index in [9.17, 15) is 9.59 Å². The van der Waals surface area contributed by atoms with E-state index in [-0.39, 0.29) is 22.5 Å². The molecule has 0 aliphatic heterocycles. The molecule has 0 fully saturated rings. The summed E-state index contributed by atoms with van der Waals surface area (Å²) in [7, 11) is 0. The van der Waals surface area contributed by atoms with Crippen molar-refractivity contribution in [1.82, 2.24) is 5.32 Å². The fourth-order valence-corrected chi connectivity index (χ4v) is 1.56. The lowest BCUT2D eigenvalue weighted by atomic mass is 10.1. The van der Waals surface area contributed by atoms with Gasteiger partial charge in [-0.05, 0) is 11.6 Å². The first kappa shape index (κ1) is 14.2. The van der Waals surface area contributed by atoms with E-state index in [0.717, 1.165) is 5.56 Å². The molecule has 0 aliphatic rings. The van der Waals surface area contributed by atoms with Crippen LogP contribution in [-0.4, -0.2) is 22.5 Å². The van der Waals surface area contributed by atoms with E-state index in [1.165, 1.54) is 0 Å². The van der Waals surface area contributed by atoms with Gasteiger partial charge in [-0.15, -0.1) is 0 Å². The van der Waals surface area contributed by atoms with Gasteiger partial charge >= 0.3 is 0 Å². The molecule has 0 unspecified atom stereocenters. The third kappa shape index (κ3) is 4.87. The Morgan fingerprint density at radius 2 is 1.71 bits per heavy atom. The molecule has 0 spiro atoms. The maximum absolute atomic E-state index is 11.3. The molecular weight excluding hydrogens is 352 g/mol. The number of amides is 2. The molecule has 2 N–H and O–H groups in total. The standard InChI is InChI=1S/C11H12Br2N2O2/c12-5-10(16)14-7-8-3-1-2-4-9(8)15-11(17)6-13/h1-4H,5-7H2,(H,14,16)(H,15,17). The minimum Gasteiger partial charge on any atom is -0.351 e. The van der Waals surface area contributed by atoms with Gasteiger partial charge in [0.1, 0.15) is 0 Å². The van der Waals surface area contributed by atoms with Gasteiger partial charge < -0.3 is 10.6 Å². The number of nitrogens with one attached hydrogen (secondary N) is 2. The van der Waals surface area contributed by atoms with Crippen molar-refractivity contribution < 1.29 is 9.59 Å². The van der Waals surface area contributed by atoms with Gasteiger partial charge in [0.15, 0.2) is 0 Å². The number of halogens is 2. The zero-order valence-electron chi connectivity index (χ0n) is 9.00. The minimum absolute atomic E-state index is 0.0911. The molecule has 1 aromatic carbocycles. The van der Waals surface area contributed by atoms with Crippen LogP contribution in [0.25, 0.3) is 0 Å². The van der Waals surface area contributed by atoms with E-state index in [0.29, 0.717) is 12.2 Å². The van der Waals surface area contributed by atoms with Crippen LogP contribution in [0.5, 0.6) is 0 Å². The molecule has 0 atom stereocenters. The summed E-state index contributed by atoms with van der Waals surface area (Å²) in [5, 5.41) is 6.00. The third-order valence-corrected chi connectivity index (χ3v) is 3.03. The van der Waals surface area contributed by atoms with Gasteiger partial charge in [-0.3, -0.25) is 9.59 Å². The number of carbonyl (C=O) groups is 2. The molecule has 1 rings (SSSR count). The van der Waals surface area contributed by atoms with E-state index in [1.54, 1.807) is 6.07 Å². The van der Waals surface area contributed by atoms with Crippen LogP contribution in [0.2, 0.25) is 0 Å². The highest BCUT2D eigenvalue weighted by Crippen LogP contribution is 2.14. The fraction of sp³-hybridized carbons (Fsp3) is 0.273. The molecule has 4 nitrogen and oxygen atoms in total. The zero-order valence-corrected chi connectivity index (χ0v) is 12.2. The van der Waals surface area contributed by atoms with Crippen LogP contribution in [0, 0.1) is 0 Å². The van der Waals surface area contributed by atoms with Crippen LogP contribution >= 0.6 is 31.9 Å². The summed E-state index contributed by atoms with van der Waals surface area (Å²) >= 11 is 6.15. The lowest BCUT2D eigenvalue weighted by molar-refractivity contribution is -0.118. The second-order valence-corrected chi connectivity index (χ2v) is 4.37. The second-order valence-electron chi connectivity index (χ2n) is 3.25. The maximum Gasteiger partial charge on any atom is 0.235 e. The minimum atomic E-state index is -0.121. The molecule has 6 heteroatoms. The van der Waals surface area contributed by atoms with Crippen molar-refractivity contribution in [2.45, 2.75) is 6.54 Å². The van der Waals surface area contributed by atoms with Crippen molar-refractivity contribution in [2.75, 3.05) is 16.0 Å². The largest absolute Gasteiger partial charge is 0.351 e. The van der Waals surface area contributed by atoms with Crippen LogP contribution < -0.4 is 10.6 Å². The molecule has 17 heavy (non-hydrogen) atoms. The Labute approximate surface area is 116 Å². The summed E-state index contributed by atoms with van der Waals surface area (Å²) in [6, 6.07) is 7.35. The Kier molecular flexibility index (Phi) is 6.21. The summed E-state index contributed by atoms with van der Waals surface area (Å²) in [5.41, 5.74) is 1.59. The van der Waals surface area contributed by atoms with Gasteiger partial charge in [0.25, 0.3) is 0 Å². The average molecular weight is 364 g/mol. The van der Waals surface area contributed by atoms with E-state index >= 15 is 0 Å². The molecule has 0 radical (unpaired) electrons. The molecule has 1 aromatic rings. The molecule has 0 bridgehead atoms. The van der Waals surface area contributed by atoms with Gasteiger partial charge in [-0.1, -0.05) is 50.1 Å². The molecule has 0 saturated carbocycles. The smallest absolute Gasteiger partial charge is 0.235 e. The van der Waals surface area contributed by atoms with Gasteiger partial charge in [-0.2, -0.15) is 0 Å². The predicted octanol–water partition coefficient (Wildman–Crippen LogP) is 2.03. The average Bonchev–Trinajstić information content (AvgIpc) is 2.37. The summed E-state index contributed by atoms with van der Waals surface area (Å²) in [6.45, 7) is 0.392. The predicted molar refractivity (Wildman–Crippen MR) is 74.5 cm³/mol. The first-order chi connectivity index (χ1) is 8.17. The SMILES string of the molecule is O=C(CBr)NCc1ccccc1NC(=O)CBr. The molecule has 0 aliphatic carbocycles. The van der Waals surface area contributed by atoms with Crippen LogP contribution in [0.1, 0.15) is 5.56 Å². The number of anilines is 1. The first-order valence-electron chi connectivity index (χ1n) is 4.93. The van der Waals surface area contributed by atoms with Gasteiger partial charge in [-0.25, -0.2) is 0 Å². The number of carbonyl (C=O) groups excluding carboxylic acids is 2. The maximum atomic E-state index is 11.3. The summed E-state index contributed by atoms with van der Waals surface area (Å²) < 4.78 is 0. The monoisotopic (exact) mass is 362 g/mol. The Balaban J connectivity index is 2.70. The summed E-state index contributed by atoms with van der Waals surface area (Å²) in [6.07, 6.45) is 0. The fourth-order valence-electron chi connectivity index (χ4n) is 1.22. The molecule has 0 aromatic heterocycles. The van der Waals surface area contributed by atoms with Crippen molar-refractivity contribution in [3.05, 3.63) is 29.8 Å². The van der Waals surface area contributed by atoms with E-state index in [4.69, 9.17) is 0 Å². The Morgan fingerprint density at radius 1 is 1.06 bits per heavy atom. The summed E-state index contributed by atoms with van der Waals surface area (Å²) in [5.74, 6) is -0.212. The van der Waals surface area contributed by atoms with Crippen LogP contribution in [-0.2, 0) is 16.1 Å². The van der Waals surface area contributed by atoms with Gasteiger partial charge in [0.2, 0.25) is 11.8 Å². The van der Waals surface area contributed by atoms with Crippen LogP contribution in [0.15, 0.2) is 24.3 Å². The van der Waals surface area contributed by atoms with Crippen LogP contribution in [0.4, 0.5) is 5.69 Å². The number of hydrogen-bond donors (Lipinski definition) is 2. The molecule has 0 heterocycles. The van der Waals surface area contributed by atoms with E-state index in [1.807, 2.05) is 18.2 Å². The third-order valence-electron chi connectivity index (χ3n) is 2.01. The molecule has 92 valence electrons. The van der Waals surface area contributed by atoms with Gasteiger partial charge in [0.05, 0.1) is 10.7 Å². The first-order valence-corrected chi connectivity index (χ1v) is 7.18. The van der Waals surface area contributed by atoms with Crippen molar-refractivity contribution in [3.63, 3.8) is 0 Å². The number of para-hydroxylation sites is 1. The number of benzene rings is 1. The Bertz CT molecular complexity index is 410. The zero-order chi connectivity index (χ0) is 12.7. The number of alkyl halides is 2.